The monoisotopic (exact) mass is 645 g/mol. The van der Waals surface area contributed by atoms with Gasteiger partial charge >= 0.3 is 11.8 Å². The maximum Gasteiger partial charge on any atom is 0.410 e. The van der Waals surface area contributed by atoms with Crippen LogP contribution in [0.3, 0.4) is 0 Å². The van der Waals surface area contributed by atoms with Crippen LogP contribution in [0, 0.1) is 0 Å². The Labute approximate surface area is 283 Å². The molecule has 7 aromatic rings. The molecule has 1 fully saturated rings. The first-order valence-electron chi connectivity index (χ1n) is 16.6. The quantitative estimate of drug-likeness (QED) is 0.182. The smallest absolute Gasteiger partial charge is 0.410 e. The van der Waals surface area contributed by atoms with Crippen LogP contribution in [0.4, 0.5) is 4.79 Å². The van der Waals surface area contributed by atoms with Gasteiger partial charge in [0.15, 0.2) is 0 Å². The molecule has 1 saturated heterocycles. The Morgan fingerprint density at radius 2 is 1.49 bits per heavy atom. The second-order valence-electron chi connectivity index (χ2n) is 12.6. The van der Waals surface area contributed by atoms with Crippen LogP contribution in [0.2, 0.25) is 0 Å². The predicted octanol–water partition coefficient (Wildman–Crippen LogP) is 8.12. The summed E-state index contributed by atoms with van der Waals surface area (Å²) < 4.78 is 9.00. The third kappa shape index (κ3) is 5.86. The lowest BCUT2D eigenvalue weighted by molar-refractivity contribution is 0.0870. The minimum atomic E-state index is -0.265. The minimum Gasteiger partial charge on any atom is -0.445 e. The number of nitrogens with zero attached hydrogens (tertiary/aromatic N) is 5. The molecule has 8 nitrogen and oxygen atoms in total. The Kier molecular flexibility index (Phi) is 7.97. The molecule has 0 bridgehead atoms. The van der Waals surface area contributed by atoms with Crippen molar-refractivity contribution in [2.24, 2.45) is 7.05 Å². The summed E-state index contributed by atoms with van der Waals surface area (Å²) in [6, 6.07) is 38.4. The molecule has 0 atom stereocenters. The van der Waals surface area contributed by atoms with Crippen molar-refractivity contribution in [2.75, 3.05) is 13.1 Å². The number of aromatic nitrogens is 4. The van der Waals surface area contributed by atoms with Crippen LogP contribution in [0.15, 0.2) is 132 Å². The number of hydrogen-bond acceptors (Lipinski definition) is 5. The van der Waals surface area contributed by atoms with Crippen molar-refractivity contribution < 1.29 is 9.53 Å². The molecule has 49 heavy (non-hydrogen) atoms. The van der Waals surface area contributed by atoms with Crippen LogP contribution < -0.4 is 5.69 Å². The van der Waals surface area contributed by atoms with E-state index >= 15 is 0 Å². The van der Waals surface area contributed by atoms with E-state index in [4.69, 9.17) is 14.7 Å². The Hall–Kier alpha value is -6.02. The van der Waals surface area contributed by atoms with E-state index in [1.807, 2.05) is 79.0 Å². The molecule has 8 heteroatoms. The molecule has 242 valence electrons. The number of benzene rings is 4. The maximum atomic E-state index is 13.7. The lowest BCUT2D eigenvalue weighted by Gasteiger charge is -2.31. The SMILES string of the molecule is Cn1c(=O)n(-c2ccc(C3CCN(C(=O)OCc4ccccc4)CC3)cc2)c2c3cc(-c4ccc(-c5ccccc5)nc4)ccc3ncc21. The van der Waals surface area contributed by atoms with Gasteiger partial charge in [0, 0.05) is 42.8 Å². The molecular weight excluding hydrogens is 610 g/mol. The van der Waals surface area contributed by atoms with Crippen LogP contribution in [0.5, 0.6) is 0 Å². The molecular formula is C41H35N5O3. The van der Waals surface area contributed by atoms with Crippen molar-refractivity contribution in [1.29, 1.82) is 0 Å². The van der Waals surface area contributed by atoms with E-state index in [-0.39, 0.29) is 18.4 Å². The zero-order valence-electron chi connectivity index (χ0n) is 27.2. The van der Waals surface area contributed by atoms with Crippen molar-refractivity contribution in [3.05, 3.63) is 149 Å². The standard InChI is InChI=1S/C41H35N5O3/c1-44-38-26-43-37-19-14-32(33-15-18-36(42-25-33)31-10-6-3-7-11-31)24-35(37)39(38)46(40(44)47)34-16-12-29(13-17-34)30-20-22-45(23-21-30)41(48)49-27-28-8-4-2-5-9-28/h2-19,24-26,30H,20-23,27H2,1H3. The molecule has 1 amide bonds. The molecule has 4 heterocycles. The third-order valence-corrected chi connectivity index (χ3v) is 9.63. The van der Waals surface area contributed by atoms with Crippen molar-refractivity contribution in [3.63, 3.8) is 0 Å². The van der Waals surface area contributed by atoms with Gasteiger partial charge in [-0.05, 0) is 65.8 Å². The number of amides is 1. The molecule has 8 rings (SSSR count). The predicted molar refractivity (Wildman–Crippen MR) is 193 cm³/mol. The van der Waals surface area contributed by atoms with E-state index in [9.17, 15) is 9.59 Å². The molecule has 1 aliphatic heterocycles. The number of carbonyl (C=O) groups excluding carboxylic acids is 1. The molecule has 0 radical (unpaired) electrons. The average Bonchev–Trinajstić information content (AvgIpc) is 3.43. The van der Waals surface area contributed by atoms with E-state index in [0.29, 0.717) is 19.0 Å². The maximum absolute atomic E-state index is 13.7. The van der Waals surface area contributed by atoms with Gasteiger partial charge in [-0.3, -0.25) is 19.1 Å². The zero-order chi connectivity index (χ0) is 33.3. The lowest BCUT2D eigenvalue weighted by atomic mass is 9.89. The number of ether oxygens (including phenoxy) is 1. The Bertz CT molecular complexity index is 2320. The first-order valence-corrected chi connectivity index (χ1v) is 16.6. The number of fused-ring (bicyclic) bond motifs is 3. The van der Waals surface area contributed by atoms with Gasteiger partial charge in [-0.25, -0.2) is 9.59 Å². The minimum absolute atomic E-state index is 0.126. The van der Waals surface area contributed by atoms with Crippen LogP contribution in [-0.2, 0) is 18.4 Å². The fourth-order valence-electron chi connectivity index (χ4n) is 6.86. The molecule has 3 aromatic heterocycles. The number of piperidine rings is 1. The highest BCUT2D eigenvalue weighted by Gasteiger charge is 2.25. The van der Waals surface area contributed by atoms with Gasteiger partial charge in [0.2, 0.25) is 0 Å². The van der Waals surface area contributed by atoms with Crippen molar-refractivity contribution in [2.45, 2.75) is 25.4 Å². The zero-order valence-corrected chi connectivity index (χ0v) is 27.2. The molecule has 4 aromatic carbocycles. The highest BCUT2D eigenvalue weighted by Crippen LogP contribution is 2.32. The topological polar surface area (TPSA) is 82.2 Å². The van der Waals surface area contributed by atoms with Crippen LogP contribution in [0.25, 0.3) is 50.0 Å². The summed E-state index contributed by atoms with van der Waals surface area (Å²) in [6.07, 6.45) is 5.12. The van der Waals surface area contributed by atoms with Crippen molar-refractivity contribution in [3.8, 4) is 28.1 Å². The van der Waals surface area contributed by atoms with E-state index < -0.39 is 0 Å². The second-order valence-corrected chi connectivity index (χ2v) is 12.6. The Balaban J connectivity index is 1.04. The Morgan fingerprint density at radius 3 is 2.20 bits per heavy atom. The summed E-state index contributed by atoms with van der Waals surface area (Å²) in [5.74, 6) is 0.325. The van der Waals surface area contributed by atoms with Crippen molar-refractivity contribution in [1.82, 2.24) is 24.0 Å². The van der Waals surface area contributed by atoms with E-state index in [0.717, 1.165) is 68.4 Å². The summed E-state index contributed by atoms with van der Waals surface area (Å²) in [5, 5.41) is 0.899. The highest BCUT2D eigenvalue weighted by molar-refractivity contribution is 6.04. The molecule has 0 N–H and O–H groups in total. The number of pyridine rings is 2. The van der Waals surface area contributed by atoms with Gasteiger partial charge in [-0.2, -0.15) is 0 Å². The van der Waals surface area contributed by atoms with Gasteiger partial charge in [-0.1, -0.05) is 84.9 Å². The van der Waals surface area contributed by atoms with Crippen LogP contribution in [0.1, 0.15) is 29.9 Å². The van der Waals surface area contributed by atoms with Crippen molar-refractivity contribution >= 4 is 28.0 Å². The molecule has 0 aliphatic carbocycles. The fourth-order valence-corrected chi connectivity index (χ4v) is 6.86. The first kappa shape index (κ1) is 30.3. The second kappa shape index (κ2) is 12.9. The van der Waals surface area contributed by atoms with Gasteiger partial charge in [-0.15, -0.1) is 0 Å². The summed E-state index contributed by atoms with van der Waals surface area (Å²) in [6.45, 7) is 1.57. The lowest BCUT2D eigenvalue weighted by Crippen LogP contribution is -2.38. The average molecular weight is 646 g/mol. The summed E-state index contributed by atoms with van der Waals surface area (Å²) in [7, 11) is 1.79. The van der Waals surface area contributed by atoms with E-state index in [1.165, 1.54) is 5.56 Å². The number of imidazole rings is 1. The number of hydrogen-bond donors (Lipinski definition) is 0. The Morgan fingerprint density at radius 1 is 0.776 bits per heavy atom. The normalized spacial score (nSPS) is 13.6. The van der Waals surface area contributed by atoms with Gasteiger partial charge in [0.1, 0.15) is 6.61 Å². The number of likely N-dealkylation sites (tertiary alicyclic amines) is 1. The fraction of sp³-hybridized carbons (Fsp3) is 0.171. The summed E-state index contributed by atoms with van der Waals surface area (Å²) in [4.78, 5) is 37.6. The van der Waals surface area contributed by atoms with Gasteiger partial charge < -0.3 is 9.64 Å². The van der Waals surface area contributed by atoms with E-state index in [1.54, 1.807) is 27.3 Å². The highest BCUT2D eigenvalue weighted by atomic mass is 16.6. The summed E-state index contributed by atoms with van der Waals surface area (Å²) in [5.41, 5.74) is 9.24. The molecule has 0 spiro atoms. The summed E-state index contributed by atoms with van der Waals surface area (Å²) >= 11 is 0. The largest absolute Gasteiger partial charge is 0.445 e. The van der Waals surface area contributed by atoms with Gasteiger partial charge in [0.05, 0.1) is 34.1 Å². The third-order valence-electron chi connectivity index (χ3n) is 9.63. The van der Waals surface area contributed by atoms with Gasteiger partial charge in [0.25, 0.3) is 0 Å². The van der Waals surface area contributed by atoms with Crippen LogP contribution in [-0.4, -0.2) is 43.2 Å². The molecule has 1 aliphatic rings. The molecule has 0 saturated carbocycles. The molecule has 0 unspecified atom stereocenters. The first-order chi connectivity index (χ1) is 24.0. The number of carbonyl (C=O) groups is 1. The van der Waals surface area contributed by atoms with E-state index in [2.05, 4.69) is 42.5 Å². The number of rotatable bonds is 6. The number of aryl methyl sites for hydroxylation is 1. The van der Waals surface area contributed by atoms with Crippen LogP contribution >= 0.6 is 0 Å².